The van der Waals surface area contributed by atoms with Crippen LogP contribution in [0.3, 0.4) is 0 Å². The Morgan fingerprint density at radius 1 is 0.568 bits per heavy atom. The number of aryl methyl sites for hydroxylation is 2. The minimum absolute atomic E-state index is 0. The van der Waals surface area contributed by atoms with E-state index in [1.807, 2.05) is 12.1 Å². The number of hydrogen-bond donors (Lipinski definition) is 0. The Hall–Kier alpha value is -0.390. The molecule has 0 aliphatic carbocycles. The van der Waals surface area contributed by atoms with E-state index in [4.69, 9.17) is 0 Å². The van der Waals surface area contributed by atoms with Crippen molar-refractivity contribution in [2.24, 2.45) is 0 Å². The van der Waals surface area contributed by atoms with Crippen molar-refractivity contribution in [3.05, 3.63) is 41.5 Å². The Bertz CT molecular complexity index is 966. The molecule has 0 unspecified atom stereocenters. The van der Waals surface area contributed by atoms with E-state index in [9.17, 15) is 13.0 Å². The van der Waals surface area contributed by atoms with Gasteiger partial charge in [-0.05, 0) is 53.6 Å². The van der Waals surface area contributed by atoms with E-state index in [1.54, 1.807) is 6.07 Å². The van der Waals surface area contributed by atoms with Crippen molar-refractivity contribution in [2.75, 3.05) is 0 Å². The van der Waals surface area contributed by atoms with Crippen LogP contribution in [0, 0.1) is 0 Å². The summed E-state index contributed by atoms with van der Waals surface area (Å²) in [7, 11) is -4.50. The molecule has 0 aliphatic rings. The van der Waals surface area contributed by atoms with E-state index in [0.29, 0.717) is 5.39 Å². The van der Waals surface area contributed by atoms with Crippen LogP contribution in [0.1, 0.15) is 141 Å². The van der Waals surface area contributed by atoms with Crippen LogP contribution in [0.25, 0.3) is 10.8 Å². The number of benzene rings is 2. The summed E-state index contributed by atoms with van der Waals surface area (Å²) in [6.07, 6.45) is 24.9. The minimum atomic E-state index is -4.50. The fraction of sp³-hybridized carbons (Fsp3) is 0.688. The van der Waals surface area contributed by atoms with E-state index >= 15 is 0 Å². The molecule has 0 fully saturated rings. The number of unbranched alkanes of at least 4 members (excludes halogenated alkanes) is 16. The van der Waals surface area contributed by atoms with Crippen molar-refractivity contribution in [3.63, 3.8) is 0 Å². The molecule has 0 heterocycles. The summed E-state index contributed by atoms with van der Waals surface area (Å²) in [6.45, 7) is 4.50. The Kier molecular flexibility index (Phi) is 19.2. The Morgan fingerprint density at radius 2 is 0.973 bits per heavy atom. The third-order valence-corrected chi connectivity index (χ3v) is 8.32. The van der Waals surface area contributed by atoms with Crippen LogP contribution in [0.4, 0.5) is 0 Å². The van der Waals surface area contributed by atoms with Crippen molar-refractivity contribution in [1.82, 2.24) is 0 Å². The predicted octanol–water partition coefficient (Wildman–Crippen LogP) is 6.89. The largest absolute Gasteiger partial charge is 1.00 e. The van der Waals surface area contributed by atoms with Gasteiger partial charge in [0.15, 0.2) is 0 Å². The Morgan fingerprint density at radius 3 is 1.43 bits per heavy atom. The van der Waals surface area contributed by atoms with Crippen molar-refractivity contribution in [1.29, 1.82) is 0 Å². The maximum Gasteiger partial charge on any atom is 1.00 e. The molecule has 204 valence electrons. The molecule has 0 amide bonds. The van der Waals surface area contributed by atoms with Gasteiger partial charge in [-0.2, -0.15) is 0 Å². The van der Waals surface area contributed by atoms with Gasteiger partial charge in [0, 0.05) is 0 Å². The van der Waals surface area contributed by atoms with Crippen LogP contribution in [0.2, 0.25) is 0 Å². The van der Waals surface area contributed by atoms with E-state index in [2.05, 4.69) is 26.0 Å². The van der Waals surface area contributed by atoms with Crippen LogP contribution >= 0.6 is 0 Å². The van der Waals surface area contributed by atoms with Crippen LogP contribution in [0.5, 0.6) is 0 Å². The molecule has 3 nitrogen and oxygen atoms in total. The SMILES string of the molecule is CCCCCCCCCCCc1ccc2c(S(=O)(=O)[O-])cc(CCCCCCCCCCC)cc2c1.[Na+]. The van der Waals surface area contributed by atoms with Crippen molar-refractivity contribution in [2.45, 2.75) is 147 Å². The van der Waals surface area contributed by atoms with Crippen LogP contribution in [0.15, 0.2) is 35.2 Å². The van der Waals surface area contributed by atoms with Gasteiger partial charge < -0.3 is 4.55 Å². The molecule has 0 atom stereocenters. The maximum absolute atomic E-state index is 12.0. The van der Waals surface area contributed by atoms with Crippen LogP contribution in [-0.2, 0) is 23.0 Å². The zero-order valence-corrected chi connectivity index (χ0v) is 27.0. The topological polar surface area (TPSA) is 57.2 Å². The molecule has 2 rings (SSSR count). The molecule has 2 aromatic rings. The van der Waals surface area contributed by atoms with Crippen LogP contribution < -0.4 is 29.6 Å². The second-order valence-corrected chi connectivity index (χ2v) is 12.1. The minimum Gasteiger partial charge on any atom is -0.744 e. The molecule has 0 spiro atoms. The molecule has 0 radical (unpaired) electrons. The van der Waals surface area contributed by atoms with Crippen LogP contribution in [-0.4, -0.2) is 13.0 Å². The maximum atomic E-state index is 12.0. The molecule has 0 bridgehead atoms. The fourth-order valence-corrected chi connectivity index (χ4v) is 5.98. The molecule has 37 heavy (non-hydrogen) atoms. The molecule has 0 aliphatic heterocycles. The van der Waals surface area contributed by atoms with Gasteiger partial charge in [-0.25, -0.2) is 8.42 Å². The quantitative estimate of drug-likeness (QED) is 0.0987. The standard InChI is InChI=1S/C32H52O3S.Na/c1-3-5-7-9-11-13-15-17-19-21-28-23-24-31-30(25-28)26-29(27-32(31)36(33,34)35)22-20-18-16-14-12-10-8-6-4-2;/h23-27H,3-22H2,1-2H3,(H,33,34,35);/q;+1/p-1. The molecule has 0 aromatic heterocycles. The predicted molar refractivity (Wildman–Crippen MR) is 154 cm³/mol. The number of fused-ring (bicyclic) bond motifs is 1. The second kappa shape index (κ2) is 20.5. The fourth-order valence-electron chi connectivity index (χ4n) is 5.23. The number of rotatable bonds is 21. The molecule has 5 heteroatoms. The smallest absolute Gasteiger partial charge is 0.744 e. The normalized spacial score (nSPS) is 11.6. The molecule has 0 saturated heterocycles. The summed E-state index contributed by atoms with van der Waals surface area (Å²) in [5, 5.41) is 1.46. The van der Waals surface area contributed by atoms with Gasteiger partial charge in [0.25, 0.3) is 0 Å². The molecule has 0 N–H and O–H groups in total. The zero-order chi connectivity index (χ0) is 26.1. The molecule has 2 aromatic carbocycles. The van der Waals surface area contributed by atoms with Gasteiger partial charge in [-0.3, -0.25) is 0 Å². The first-order valence-electron chi connectivity index (χ1n) is 15.0. The van der Waals surface area contributed by atoms with E-state index < -0.39 is 10.1 Å². The Labute approximate surface area is 250 Å². The number of hydrogen-bond acceptors (Lipinski definition) is 3. The average molecular weight is 539 g/mol. The van der Waals surface area contributed by atoms with Gasteiger partial charge >= 0.3 is 29.6 Å². The summed E-state index contributed by atoms with van der Waals surface area (Å²) < 4.78 is 36.0. The first kappa shape index (κ1) is 34.6. The first-order chi connectivity index (χ1) is 17.5. The monoisotopic (exact) mass is 538 g/mol. The van der Waals surface area contributed by atoms with Crippen molar-refractivity contribution in [3.8, 4) is 0 Å². The third-order valence-electron chi connectivity index (χ3n) is 7.45. The summed E-state index contributed by atoms with van der Waals surface area (Å²) in [5.74, 6) is 0. The van der Waals surface area contributed by atoms with Gasteiger partial charge in [-0.15, -0.1) is 0 Å². The summed E-state index contributed by atoms with van der Waals surface area (Å²) in [5.41, 5.74) is 2.21. The van der Waals surface area contributed by atoms with E-state index in [-0.39, 0.29) is 34.5 Å². The third kappa shape index (κ3) is 14.5. The molecule has 0 saturated carbocycles. The summed E-state index contributed by atoms with van der Waals surface area (Å²) >= 11 is 0. The van der Waals surface area contributed by atoms with Crippen molar-refractivity contribution < 1.29 is 42.5 Å². The zero-order valence-electron chi connectivity index (χ0n) is 24.2. The summed E-state index contributed by atoms with van der Waals surface area (Å²) in [6, 6.07) is 9.67. The second-order valence-electron chi connectivity index (χ2n) is 10.8. The van der Waals surface area contributed by atoms with Crippen molar-refractivity contribution >= 4 is 20.9 Å². The van der Waals surface area contributed by atoms with Gasteiger partial charge in [0.2, 0.25) is 0 Å². The van der Waals surface area contributed by atoms with E-state index in [1.165, 1.54) is 102 Å². The average Bonchev–Trinajstić information content (AvgIpc) is 2.85. The Balaban J connectivity index is 0.00000684. The molecular weight excluding hydrogens is 487 g/mol. The summed E-state index contributed by atoms with van der Waals surface area (Å²) in [4.78, 5) is -0.0550. The first-order valence-corrected chi connectivity index (χ1v) is 16.4. The van der Waals surface area contributed by atoms with Gasteiger partial charge in [-0.1, -0.05) is 141 Å². The van der Waals surface area contributed by atoms with E-state index in [0.717, 1.165) is 43.1 Å². The van der Waals surface area contributed by atoms with Gasteiger partial charge in [0.05, 0.1) is 4.90 Å². The van der Waals surface area contributed by atoms with Gasteiger partial charge in [0.1, 0.15) is 10.1 Å². The molecular formula is C32H51NaO3S.